The summed E-state index contributed by atoms with van der Waals surface area (Å²) in [5.74, 6) is -1.41. The molecule has 0 amide bonds. The smallest absolute Gasteiger partial charge is 0.417 e. The number of halogens is 3. The minimum absolute atomic E-state index is 0.422. The average molecular weight is 229 g/mol. The summed E-state index contributed by atoms with van der Waals surface area (Å²) >= 11 is 0. The van der Waals surface area contributed by atoms with Gasteiger partial charge in [-0.15, -0.1) is 0 Å². The van der Waals surface area contributed by atoms with Crippen LogP contribution in [0.2, 0.25) is 0 Å². The molecular formula is C10H6F3NO2. The van der Waals surface area contributed by atoms with Gasteiger partial charge in [0.15, 0.2) is 5.78 Å². The van der Waals surface area contributed by atoms with Gasteiger partial charge in [0.2, 0.25) is 0 Å². The van der Waals surface area contributed by atoms with Crippen LogP contribution in [0.3, 0.4) is 0 Å². The first-order chi connectivity index (χ1) is 7.27. The second-order valence-corrected chi connectivity index (χ2v) is 3.08. The lowest BCUT2D eigenvalue weighted by atomic mass is 9.98. The minimum atomic E-state index is -4.78. The van der Waals surface area contributed by atoms with Crippen molar-refractivity contribution in [1.82, 2.24) is 0 Å². The molecule has 84 valence electrons. The molecule has 0 fully saturated rings. The lowest BCUT2D eigenvalue weighted by molar-refractivity contribution is -0.137. The number of alkyl halides is 3. The number of carbonyl (C=O) groups is 1. The molecule has 0 aromatic heterocycles. The first-order valence-corrected chi connectivity index (χ1v) is 4.12. The maximum Gasteiger partial charge on any atom is 0.417 e. The van der Waals surface area contributed by atoms with Crippen LogP contribution in [-0.2, 0) is 6.18 Å². The molecule has 3 nitrogen and oxygen atoms in total. The van der Waals surface area contributed by atoms with Gasteiger partial charge >= 0.3 is 6.18 Å². The quantitative estimate of drug-likeness (QED) is 0.752. The lowest BCUT2D eigenvalue weighted by Gasteiger charge is -2.11. The van der Waals surface area contributed by atoms with Crippen LogP contribution in [-0.4, -0.2) is 10.9 Å². The van der Waals surface area contributed by atoms with E-state index >= 15 is 0 Å². The summed E-state index contributed by atoms with van der Waals surface area (Å²) in [5, 5.41) is 17.7. The topological polar surface area (TPSA) is 61.1 Å². The molecule has 0 radical (unpaired) electrons. The van der Waals surface area contributed by atoms with Gasteiger partial charge in [0, 0.05) is 5.56 Å². The van der Waals surface area contributed by atoms with E-state index in [2.05, 4.69) is 0 Å². The highest BCUT2D eigenvalue weighted by Gasteiger charge is 2.35. The molecule has 16 heavy (non-hydrogen) atoms. The number of nitrogens with zero attached hydrogens (tertiary/aromatic N) is 1. The van der Waals surface area contributed by atoms with Crippen LogP contribution in [0.25, 0.3) is 0 Å². The molecule has 0 spiro atoms. The molecule has 1 rings (SSSR count). The SMILES string of the molecule is CC(=O)c1cc(O)cc(C(F)(F)F)c1C#N. The average Bonchev–Trinajstić information content (AvgIpc) is 2.14. The molecule has 0 saturated heterocycles. The number of phenols is 1. The zero-order valence-corrected chi connectivity index (χ0v) is 8.09. The third-order valence-corrected chi connectivity index (χ3v) is 1.92. The number of benzene rings is 1. The van der Waals surface area contributed by atoms with E-state index in [9.17, 15) is 18.0 Å². The Bertz CT molecular complexity index is 486. The zero-order valence-electron chi connectivity index (χ0n) is 8.09. The van der Waals surface area contributed by atoms with Crippen molar-refractivity contribution in [2.24, 2.45) is 0 Å². The van der Waals surface area contributed by atoms with Crippen molar-refractivity contribution in [2.45, 2.75) is 13.1 Å². The van der Waals surface area contributed by atoms with Gasteiger partial charge in [-0.3, -0.25) is 4.79 Å². The maximum atomic E-state index is 12.5. The molecule has 0 heterocycles. The maximum absolute atomic E-state index is 12.5. The number of rotatable bonds is 1. The van der Waals surface area contributed by atoms with Gasteiger partial charge in [0.25, 0.3) is 0 Å². The van der Waals surface area contributed by atoms with Crippen LogP contribution in [0, 0.1) is 11.3 Å². The summed E-state index contributed by atoms with van der Waals surface area (Å²) in [6.07, 6.45) is -4.78. The van der Waals surface area contributed by atoms with Gasteiger partial charge in [-0.05, 0) is 19.1 Å². The highest BCUT2D eigenvalue weighted by molar-refractivity contribution is 5.97. The van der Waals surface area contributed by atoms with Crippen LogP contribution in [0.5, 0.6) is 5.75 Å². The number of aromatic hydroxyl groups is 1. The van der Waals surface area contributed by atoms with Gasteiger partial charge in [-0.25, -0.2) is 0 Å². The predicted molar refractivity (Wildman–Crippen MR) is 47.8 cm³/mol. The van der Waals surface area contributed by atoms with E-state index in [1.165, 1.54) is 6.07 Å². The minimum Gasteiger partial charge on any atom is -0.508 e. The molecule has 0 bridgehead atoms. The molecule has 0 aliphatic rings. The van der Waals surface area contributed by atoms with Crippen molar-refractivity contribution in [3.05, 3.63) is 28.8 Å². The molecule has 1 aromatic carbocycles. The number of nitriles is 1. The normalized spacial score (nSPS) is 10.9. The Kier molecular flexibility index (Phi) is 2.90. The van der Waals surface area contributed by atoms with E-state index < -0.39 is 34.4 Å². The fourth-order valence-corrected chi connectivity index (χ4v) is 1.25. The Morgan fingerprint density at radius 1 is 1.44 bits per heavy atom. The molecular weight excluding hydrogens is 223 g/mol. The molecule has 0 saturated carbocycles. The van der Waals surface area contributed by atoms with Gasteiger partial charge in [-0.2, -0.15) is 18.4 Å². The summed E-state index contributed by atoms with van der Waals surface area (Å²) in [4.78, 5) is 11.0. The number of hydrogen-bond acceptors (Lipinski definition) is 3. The van der Waals surface area contributed by atoms with E-state index in [0.717, 1.165) is 13.0 Å². The second-order valence-electron chi connectivity index (χ2n) is 3.08. The third-order valence-electron chi connectivity index (χ3n) is 1.92. The van der Waals surface area contributed by atoms with Crippen molar-refractivity contribution in [3.63, 3.8) is 0 Å². The van der Waals surface area contributed by atoms with Crippen LogP contribution < -0.4 is 0 Å². The molecule has 6 heteroatoms. The van der Waals surface area contributed by atoms with E-state index in [1.54, 1.807) is 0 Å². The first kappa shape index (κ1) is 12.0. The molecule has 0 aliphatic carbocycles. The van der Waals surface area contributed by atoms with Gasteiger partial charge in [0.05, 0.1) is 11.1 Å². The number of Topliss-reactive ketones (excluding diaryl/α,β-unsaturated/α-hetero) is 1. The third kappa shape index (κ3) is 2.14. The predicted octanol–water partition coefficient (Wildman–Crippen LogP) is 2.49. The second kappa shape index (κ2) is 3.85. The van der Waals surface area contributed by atoms with Crippen LogP contribution in [0.1, 0.15) is 28.4 Å². The number of carbonyl (C=O) groups excluding carboxylic acids is 1. The molecule has 0 atom stereocenters. The lowest BCUT2D eigenvalue weighted by Crippen LogP contribution is -2.11. The Morgan fingerprint density at radius 3 is 2.38 bits per heavy atom. The number of phenolic OH excluding ortho intramolecular Hbond substituents is 1. The van der Waals surface area contributed by atoms with Crippen molar-refractivity contribution >= 4 is 5.78 Å². The molecule has 0 unspecified atom stereocenters. The van der Waals surface area contributed by atoms with Gasteiger partial charge < -0.3 is 5.11 Å². The van der Waals surface area contributed by atoms with Gasteiger partial charge in [0.1, 0.15) is 11.8 Å². The number of hydrogen-bond donors (Lipinski definition) is 1. The molecule has 1 N–H and O–H groups in total. The monoisotopic (exact) mass is 229 g/mol. The zero-order chi connectivity index (χ0) is 12.5. The Hall–Kier alpha value is -2.03. The van der Waals surface area contributed by atoms with Crippen molar-refractivity contribution in [3.8, 4) is 11.8 Å². The van der Waals surface area contributed by atoms with Crippen LogP contribution in [0.4, 0.5) is 13.2 Å². The van der Waals surface area contributed by atoms with Crippen molar-refractivity contribution in [1.29, 1.82) is 5.26 Å². The van der Waals surface area contributed by atoms with Crippen molar-refractivity contribution < 1.29 is 23.1 Å². The Morgan fingerprint density at radius 2 is 2.00 bits per heavy atom. The number of ketones is 1. The molecule has 0 aliphatic heterocycles. The summed E-state index contributed by atoms with van der Waals surface area (Å²) in [6, 6.07) is 2.59. The van der Waals surface area contributed by atoms with Crippen LogP contribution in [0.15, 0.2) is 12.1 Å². The Balaban J connectivity index is 3.63. The largest absolute Gasteiger partial charge is 0.508 e. The highest BCUT2D eigenvalue weighted by atomic mass is 19.4. The van der Waals surface area contributed by atoms with E-state index in [4.69, 9.17) is 10.4 Å². The summed E-state index contributed by atoms with van der Waals surface area (Å²) in [5.41, 5.74) is -2.51. The van der Waals surface area contributed by atoms with Crippen LogP contribution >= 0.6 is 0 Å². The fraction of sp³-hybridized carbons (Fsp3) is 0.200. The van der Waals surface area contributed by atoms with E-state index in [1.807, 2.05) is 0 Å². The molecule has 1 aromatic rings. The highest BCUT2D eigenvalue weighted by Crippen LogP contribution is 2.35. The van der Waals surface area contributed by atoms with Crippen molar-refractivity contribution in [2.75, 3.05) is 0 Å². The first-order valence-electron chi connectivity index (χ1n) is 4.12. The standard InChI is InChI=1S/C10H6F3NO2/c1-5(15)7-2-6(16)3-9(8(7)4-14)10(11,12)13/h2-3,16H,1H3. The summed E-state index contributed by atoms with van der Waals surface area (Å²) in [6.45, 7) is 1.02. The Labute approximate surface area is 88.7 Å². The van der Waals surface area contributed by atoms with Gasteiger partial charge in [-0.1, -0.05) is 0 Å². The summed E-state index contributed by atoms with van der Waals surface area (Å²) < 4.78 is 37.5. The summed E-state index contributed by atoms with van der Waals surface area (Å²) in [7, 11) is 0. The van der Waals surface area contributed by atoms with E-state index in [0.29, 0.717) is 6.07 Å². The fourth-order valence-electron chi connectivity index (χ4n) is 1.25. The van der Waals surface area contributed by atoms with E-state index in [-0.39, 0.29) is 0 Å².